The number of hydrogen-bond donors (Lipinski definition) is 27. The molecule has 3 aromatic carbocycles. The fourth-order valence-corrected chi connectivity index (χ4v) is 15.8. The molecule has 47 heteroatoms. The second-order valence-electron chi connectivity index (χ2n) is 36.0. The van der Waals surface area contributed by atoms with E-state index in [1.165, 1.54) is 43.0 Å². The van der Waals surface area contributed by atoms with E-state index in [4.69, 9.17) is 17.2 Å². The minimum Gasteiger partial charge on any atom is -0.508 e. The number of para-hydroxylation sites is 2. The first-order chi connectivity index (χ1) is 65.8. The SMILES string of the molecule is CC(C)C[C@H](NC(=O)[C@H](CO)NC(=O)[C@H](CCC(N)=O)NC(=O)[C@H](CS)NC(=O)[C@@H](N)CC(C)C)C(=O)NCC(=O)N[C@H](C(=O)N[C@@H](CCCCN)C(=O)N[C@@H](Cc1ccc(O)cc1)C(=O)N1CCC[C@H]1C(=O)NCC(=O)N[C@@H](Cc1c[nH]c2ccccc12)C(=O)N[C@@H](CC(C)C)C(=O)N[C@H](C(=O)NCC(=O)N[C@@H](Cc1c[nH]c2ccccc12)C(=O)N[C@@H](CS)C(=O)N[C@@H](C)C(=O)O)[C@@H](C)O)C(C)C. The van der Waals surface area contributed by atoms with Crippen LogP contribution in [0.3, 0.4) is 0 Å². The highest BCUT2D eigenvalue weighted by Gasteiger charge is 2.42. The first kappa shape index (κ1) is 115. The van der Waals surface area contributed by atoms with Gasteiger partial charge < -0.3 is 138 Å². The van der Waals surface area contributed by atoms with Crippen LogP contribution in [0.15, 0.2) is 85.2 Å². The van der Waals surface area contributed by atoms with Gasteiger partial charge in [0.05, 0.1) is 38.4 Å². The molecule has 16 atom stereocenters. The molecular weight excluding hydrogens is 1850 g/mol. The molecule has 0 aliphatic carbocycles. The zero-order valence-corrected chi connectivity index (χ0v) is 81.4. The highest BCUT2D eigenvalue weighted by atomic mass is 32.1. The van der Waals surface area contributed by atoms with Crippen LogP contribution in [0.2, 0.25) is 0 Å². The summed E-state index contributed by atoms with van der Waals surface area (Å²) in [5.74, 6) is -19.7. The van der Waals surface area contributed by atoms with E-state index in [-0.39, 0.29) is 112 Å². The number of fused-ring (bicyclic) bond motifs is 2. The van der Waals surface area contributed by atoms with Crippen LogP contribution >= 0.6 is 25.3 Å². The zero-order chi connectivity index (χ0) is 103. The number of phenols is 1. The quantitative estimate of drug-likeness (QED) is 0.0130. The monoisotopic (exact) mass is 1980 g/mol. The van der Waals surface area contributed by atoms with Crippen LogP contribution in [0, 0.1) is 23.7 Å². The number of aliphatic carboxylic acids is 1. The lowest BCUT2D eigenvalue weighted by Crippen LogP contribution is -2.60. The lowest BCUT2D eigenvalue weighted by atomic mass is 10.00. The van der Waals surface area contributed by atoms with Crippen molar-refractivity contribution >= 4 is 159 Å². The number of carbonyl (C=O) groups is 19. The van der Waals surface area contributed by atoms with E-state index in [1.54, 1.807) is 102 Å². The standard InChI is InChI=1S/C92H136N22O23S2/c1-46(2)32-58(94)78(122)110-70(45-139)87(131)104-62(28-29-72(95)118)81(125)109-68(43-115)85(129)106-63(33-47(3)4)79(123)98-42-75(121)112-76(49(7)8)90(134)105-61(22-15-16-30-93)80(124)108-67(35-52-24-26-55(117)27-25-52)91(135)114-31-17-23-71(114)88(132)99-40-73(119)102-65(36-53-38-96-59-20-13-11-18-56(53)59)82(126)107-64(34-48(5)6)84(128)113-77(51(10)116)89(133)100-41-74(120)103-66(37-54-39-97-60-21-14-12-19-57(54)60)83(127)111-69(44-138)86(130)101-50(9)92(136)137/h11-14,18-21,24-27,38-39,46-51,58,61-71,76-77,96-97,115-117,138-139H,15-17,22-23,28-37,40-45,93-94H2,1-10H3,(H2,95,118)(H,98,123)(H,99,132)(H,100,133)(H,101,130)(H,102,119)(H,103,120)(H,104,131)(H,105,134)(H,106,129)(H,107,126)(H,108,124)(H,109,125)(H,110,122)(H,111,127)(H,112,121)(H,113,128)(H,136,137)/t50-,51+,58-,61-,62-,63-,64-,65-,66-,67-,68-,69-,70-,71-,76-,77-/m0/s1. The van der Waals surface area contributed by atoms with Gasteiger partial charge in [-0.25, -0.2) is 0 Å². The number of unbranched alkanes of at least 4 members (excludes halogenated alkanes) is 1. The van der Waals surface area contributed by atoms with Gasteiger partial charge in [-0.2, -0.15) is 25.3 Å². The Kier molecular flexibility index (Phi) is 46.9. The molecule has 1 fully saturated rings. The molecule has 0 radical (unpaired) electrons. The van der Waals surface area contributed by atoms with Crippen molar-refractivity contribution in [3.63, 3.8) is 0 Å². The van der Waals surface area contributed by atoms with E-state index in [2.05, 4.69) is 120 Å². The molecule has 18 amide bonds. The molecule has 1 aliphatic heterocycles. The van der Waals surface area contributed by atoms with Gasteiger partial charge in [-0.05, 0) is 143 Å². The second-order valence-corrected chi connectivity index (χ2v) is 36.7. The van der Waals surface area contributed by atoms with Gasteiger partial charge in [0.1, 0.15) is 90.3 Å². The first-order valence-electron chi connectivity index (χ1n) is 46.2. The average molecular weight is 1980 g/mol. The number of aromatic nitrogens is 2. The van der Waals surface area contributed by atoms with Crippen molar-refractivity contribution in [2.24, 2.45) is 40.9 Å². The van der Waals surface area contributed by atoms with E-state index in [1.807, 2.05) is 13.8 Å². The Labute approximate surface area is 815 Å². The number of nitrogens with one attached hydrogen (secondary N) is 18. The van der Waals surface area contributed by atoms with Gasteiger partial charge in [0, 0.05) is 77.9 Å². The van der Waals surface area contributed by atoms with Crippen molar-refractivity contribution in [2.75, 3.05) is 50.8 Å². The summed E-state index contributed by atoms with van der Waals surface area (Å²) in [6.45, 7) is 12.8. The van der Waals surface area contributed by atoms with Gasteiger partial charge in [0.25, 0.3) is 0 Å². The summed E-state index contributed by atoms with van der Waals surface area (Å²) in [6, 6.07) is -1.72. The third-order valence-electron chi connectivity index (χ3n) is 22.7. The van der Waals surface area contributed by atoms with Crippen LogP contribution in [-0.4, -0.2) is 295 Å². The minimum absolute atomic E-state index is 0.0308. The van der Waals surface area contributed by atoms with E-state index >= 15 is 4.79 Å². The maximum Gasteiger partial charge on any atom is 0.325 e. The Morgan fingerprint density at radius 3 is 1.38 bits per heavy atom. The molecule has 0 unspecified atom stereocenters. The molecule has 1 aliphatic rings. The van der Waals surface area contributed by atoms with Gasteiger partial charge in [-0.3, -0.25) is 91.1 Å². The van der Waals surface area contributed by atoms with Gasteiger partial charge in [0.2, 0.25) is 106 Å². The number of rotatable bonds is 58. The molecule has 2 aromatic heterocycles. The van der Waals surface area contributed by atoms with Gasteiger partial charge in [-0.15, -0.1) is 0 Å². The molecule has 45 nitrogen and oxygen atoms in total. The van der Waals surface area contributed by atoms with E-state index in [9.17, 15) is 107 Å². The number of nitrogens with zero attached hydrogens (tertiary/aromatic N) is 1. The number of aliphatic hydroxyl groups excluding tert-OH is 2. The van der Waals surface area contributed by atoms with Crippen molar-refractivity contribution in [2.45, 2.75) is 249 Å². The van der Waals surface area contributed by atoms with Crippen molar-refractivity contribution in [3.8, 4) is 5.75 Å². The summed E-state index contributed by atoms with van der Waals surface area (Å²) in [5, 5.41) is 82.6. The number of carbonyl (C=O) groups excluding carboxylic acids is 18. The van der Waals surface area contributed by atoms with Crippen LogP contribution in [0.1, 0.15) is 150 Å². The summed E-state index contributed by atoms with van der Waals surface area (Å²) >= 11 is 8.34. The third kappa shape index (κ3) is 37.0. The Hall–Kier alpha value is -13.0. The summed E-state index contributed by atoms with van der Waals surface area (Å²) in [6.07, 6.45) is 1.14. The van der Waals surface area contributed by atoms with Crippen LogP contribution in [0.4, 0.5) is 0 Å². The molecule has 0 bridgehead atoms. The smallest absolute Gasteiger partial charge is 0.325 e. The van der Waals surface area contributed by atoms with Crippen LogP contribution in [-0.2, 0) is 110 Å². The topological polar surface area (TPSA) is 711 Å². The number of likely N-dealkylation sites (tertiary alicyclic amines) is 1. The lowest BCUT2D eigenvalue weighted by molar-refractivity contribution is -0.142. The molecule has 5 aromatic rings. The Bertz CT molecular complexity index is 5090. The second kappa shape index (κ2) is 56.8. The number of aromatic amines is 2. The average Bonchev–Trinajstić information content (AvgIpc) is 1.71. The number of hydrogen-bond acceptors (Lipinski definition) is 26. The molecule has 3 heterocycles. The number of phenolic OH excluding ortho intramolecular Hbond substituents is 1. The fraction of sp³-hybridized carbons (Fsp3) is 0.554. The summed E-state index contributed by atoms with van der Waals surface area (Å²) in [5.41, 5.74) is 20.1. The number of primary amides is 1. The van der Waals surface area contributed by atoms with E-state index in [0.29, 0.717) is 44.9 Å². The Balaban J connectivity index is 1.13. The number of carboxylic acids is 1. The molecular formula is C92H136N22O23S2. The first-order valence-corrected chi connectivity index (χ1v) is 47.4. The van der Waals surface area contributed by atoms with Crippen LogP contribution in [0.5, 0.6) is 5.75 Å². The molecule has 0 saturated carbocycles. The molecule has 6 rings (SSSR count). The Morgan fingerprint density at radius 2 is 0.885 bits per heavy atom. The summed E-state index contributed by atoms with van der Waals surface area (Å²) in [4.78, 5) is 270. The van der Waals surface area contributed by atoms with Crippen molar-refractivity contribution in [1.82, 2.24) is 99.9 Å². The van der Waals surface area contributed by atoms with Crippen molar-refractivity contribution in [1.29, 1.82) is 0 Å². The Morgan fingerprint density at radius 1 is 0.453 bits per heavy atom. The largest absolute Gasteiger partial charge is 0.508 e. The predicted molar refractivity (Wildman–Crippen MR) is 517 cm³/mol. The number of thiol groups is 2. The van der Waals surface area contributed by atoms with Gasteiger partial charge in [0.15, 0.2) is 0 Å². The highest BCUT2D eigenvalue weighted by Crippen LogP contribution is 2.25. The molecule has 764 valence electrons. The number of amides is 18. The third-order valence-corrected chi connectivity index (χ3v) is 23.5. The molecule has 28 N–H and O–H groups in total. The van der Waals surface area contributed by atoms with Crippen molar-refractivity contribution in [3.05, 3.63) is 102 Å². The minimum atomic E-state index is -1.79. The maximum atomic E-state index is 15.2. The normalized spacial score (nSPS) is 15.7. The summed E-state index contributed by atoms with van der Waals surface area (Å²) < 4.78 is 0. The number of aromatic hydroxyl groups is 1. The van der Waals surface area contributed by atoms with Crippen LogP contribution < -0.4 is 102 Å². The number of carboxylic acid groups (broad SMARTS) is 1. The molecule has 1 saturated heterocycles. The van der Waals surface area contributed by atoms with Gasteiger partial charge >= 0.3 is 5.97 Å². The van der Waals surface area contributed by atoms with E-state index < -0.39 is 254 Å². The van der Waals surface area contributed by atoms with E-state index in [0.717, 1.165) is 0 Å². The zero-order valence-electron chi connectivity index (χ0n) is 79.6. The summed E-state index contributed by atoms with van der Waals surface area (Å²) in [7, 11) is 0. The fourth-order valence-electron chi connectivity index (χ4n) is 15.3. The predicted octanol–water partition coefficient (Wildman–Crippen LogP) is -4.12. The lowest BCUT2D eigenvalue weighted by Gasteiger charge is -2.30. The highest BCUT2D eigenvalue weighted by molar-refractivity contribution is 7.80. The number of aliphatic hydroxyl groups is 2. The maximum absolute atomic E-state index is 15.2. The number of H-pyrrole nitrogens is 2. The number of benzene rings is 3. The molecule has 0 spiro atoms. The number of nitrogens with two attached hydrogens (primary N) is 3. The molecule has 139 heavy (non-hydrogen) atoms. The van der Waals surface area contributed by atoms with Gasteiger partial charge in [-0.1, -0.05) is 104 Å². The van der Waals surface area contributed by atoms with Crippen LogP contribution in [0.25, 0.3) is 21.8 Å². The van der Waals surface area contributed by atoms with Crippen molar-refractivity contribution < 1.29 is 112 Å².